The number of hydrogen-bond acceptors (Lipinski definition) is 5. The molecule has 1 fully saturated rings. The average Bonchev–Trinajstić information content (AvgIpc) is 3.36. The smallest absolute Gasteiger partial charge is 0.305 e. The molecule has 0 bridgehead atoms. The van der Waals surface area contributed by atoms with Crippen LogP contribution in [0.25, 0.3) is 0 Å². The molecule has 168 valence electrons. The van der Waals surface area contributed by atoms with E-state index >= 15 is 0 Å². The van der Waals surface area contributed by atoms with Crippen molar-refractivity contribution in [3.63, 3.8) is 0 Å². The van der Waals surface area contributed by atoms with E-state index in [4.69, 9.17) is 9.47 Å². The standard InChI is InChI=1S/C25H27NO6/c1-2-31-21-12-11-16(14-22(21)32-18-7-3-4-8-18)13-17(15-23(27)28)26-24(29)19-9-5-6-10-20(19)25(26)30/h5-6,9-12,14,17-18H,2-4,7-8,13,15H2,1H3,(H,27,28). The maximum atomic E-state index is 12.9. The minimum absolute atomic E-state index is 0.135. The first kappa shape index (κ1) is 21.9. The van der Waals surface area contributed by atoms with Crippen LogP contribution < -0.4 is 9.47 Å². The quantitative estimate of drug-likeness (QED) is 0.594. The number of ether oxygens (including phenoxy) is 2. The zero-order valence-corrected chi connectivity index (χ0v) is 18.1. The fourth-order valence-corrected chi connectivity index (χ4v) is 4.50. The van der Waals surface area contributed by atoms with E-state index in [9.17, 15) is 19.5 Å². The number of carbonyl (C=O) groups excluding carboxylic acids is 2. The Morgan fingerprint density at radius 1 is 1.06 bits per heavy atom. The Morgan fingerprint density at radius 2 is 1.72 bits per heavy atom. The van der Waals surface area contributed by atoms with Gasteiger partial charge in [-0.05, 0) is 68.9 Å². The third-order valence-corrected chi connectivity index (χ3v) is 5.98. The second-order valence-corrected chi connectivity index (χ2v) is 8.22. The molecular weight excluding hydrogens is 410 g/mol. The summed E-state index contributed by atoms with van der Waals surface area (Å²) in [5.41, 5.74) is 1.40. The van der Waals surface area contributed by atoms with Crippen molar-refractivity contribution in [1.82, 2.24) is 4.90 Å². The number of carboxylic acids is 1. The Morgan fingerprint density at radius 3 is 2.31 bits per heavy atom. The third-order valence-electron chi connectivity index (χ3n) is 5.98. The molecule has 1 N–H and O–H groups in total. The van der Waals surface area contributed by atoms with Crippen LogP contribution in [0.1, 0.15) is 65.3 Å². The maximum absolute atomic E-state index is 12.9. The molecule has 2 aromatic carbocycles. The summed E-state index contributed by atoms with van der Waals surface area (Å²) in [4.78, 5) is 38.5. The number of imide groups is 1. The lowest BCUT2D eigenvalue weighted by Gasteiger charge is -2.25. The molecule has 1 unspecified atom stereocenters. The van der Waals surface area contributed by atoms with Crippen LogP contribution in [-0.2, 0) is 11.2 Å². The second-order valence-electron chi connectivity index (χ2n) is 8.22. The molecule has 1 heterocycles. The highest BCUT2D eigenvalue weighted by Crippen LogP contribution is 2.34. The molecule has 1 aliphatic heterocycles. The topological polar surface area (TPSA) is 93.1 Å². The summed E-state index contributed by atoms with van der Waals surface area (Å²) in [5, 5.41) is 9.48. The number of hydrogen-bond donors (Lipinski definition) is 1. The van der Waals surface area contributed by atoms with Gasteiger partial charge >= 0.3 is 5.97 Å². The molecule has 0 aromatic heterocycles. The minimum atomic E-state index is -1.07. The van der Waals surface area contributed by atoms with E-state index in [0.29, 0.717) is 29.2 Å². The van der Waals surface area contributed by atoms with Crippen LogP contribution >= 0.6 is 0 Å². The summed E-state index contributed by atoms with van der Waals surface area (Å²) in [6.45, 7) is 2.40. The van der Waals surface area contributed by atoms with Crippen molar-refractivity contribution in [2.24, 2.45) is 0 Å². The molecule has 2 aliphatic rings. The number of fused-ring (bicyclic) bond motifs is 1. The van der Waals surface area contributed by atoms with Crippen LogP contribution in [0, 0.1) is 0 Å². The van der Waals surface area contributed by atoms with Crippen LogP contribution in [0.3, 0.4) is 0 Å². The monoisotopic (exact) mass is 437 g/mol. The molecule has 2 amide bonds. The minimum Gasteiger partial charge on any atom is -0.490 e. The molecule has 7 nitrogen and oxygen atoms in total. The Bertz CT molecular complexity index is 992. The third kappa shape index (κ3) is 4.47. The van der Waals surface area contributed by atoms with Crippen molar-refractivity contribution in [2.45, 2.75) is 57.6 Å². The number of aliphatic carboxylic acids is 1. The molecule has 1 atom stereocenters. The highest BCUT2D eigenvalue weighted by atomic mass is 16.5. The SMILES string of the molecule is CCOc1ccc(CC(CC(=O)O)N2C(=O)c3ccccc3C2=O)cc1OC1CCCC1. The molecule has 32 heavy (non-hydrogen) atoms. The number of amides is 2. The van der Waals surface area contributed by atoms with Crippen molar-refractivity contribution in [3.05, 3.63) is 59.2 Å². The summed E-state index contributed by atoms with van der Waals surface area (Å²) >= 11 is 0. The molecule has 0 saturated heterocycles. The fraction of sp³-hybridized carbons (Fsp3) is 0.400. The molecule has 4 rings (SSSR count). The van der Waals surface area contributed by atoms with Crippen LogP contribution in [-0.4, -0.2) is 46.5 Å². The van der Waals surface area contributed by atoms with E-state index < -0.39 is 23.8 Å². The maximum Gasteiger partial charge on any atom is 0.305 e. The van der Waals surface area contributed by atoms with Crippen LogP contribution in [0.5, 0.6) is 11.5 Å². The molecule has 0 radical (unpaired) electrons. The first-order valence-corrected chi connectivity index (χ1v) is 11.1. The van der Waals surface area contributed by atoms with Gasteiger partial charge in [0.1, 0.15) is 0 Å². The number of benzene rings is 2. The van der Waals surface area contributed by atoms with Crippen molar-refractivity contribution < 1.29 is 29.0 Å². The summed E-state index contributed by atoms with van der Waals surface area (Å²) in [6, 6.07) is 11.3. The van der Waals surface area contributed by atoms with Gasteiger partial charge in [0.15, 0.2) is 11.5 Å². The van der Waals surface area contributed by atoms with Gasteiger partial charge in [-0.3, -0.25) is 19.3 Å². The zero-order chi connectivity index (χ0) is 22.7. The molecule has 1 aliphatic carbocycles. The normalized spacial score (nSPS) is 16.8. The van der Waals surface area contributed by atoms with Crippen molar-refractivity contribution >= 4 is 17.8 Å². The van der Waals surface area contributed by atoms with Gasteiger partial charge in [-0.2, -0.15) is 0 Å². The summed E-state index contributed by atoms with van der Waals surface area (Å²) in [7, 11) is 0. The number of carboxylic acid groups (broad SMARTS) is 1. The van der Waals surface area contributed by atoms with Crippen molar-refractivity contribution in [3.8, 4) is 11.5 Å². The van der Waals surface area contributed by atoms with Crippen molar-refractivity contribution in [1.29, 1.82) is 0 Å². The molecule has 1 saturated carbocycles. The first-order valence-electron chi connectivity index (χ1n) is 11.1. The lowest BCUT2D eigenvalue weighted by molar-refractivity contribution is -0.137. The summed E-state index contributed by atoms with van der Waals surface area (Å²) in [6.07, 6.45) is 4.26. The van der Waals surface area contributed by atoms with Gasteiger partial charge in [0.25, 0.3) is 11.8 Å². The first-order chi connectivity index (χ1) is 15.5. The summed E-state index contributed by atoms with van der Waals surface area (Å²) in [5.74, 6) is -0.721. The Kier molecular flexibility index (Phi) is 6.44. The number of nitrogens with zero attached hydrogens (tertiary/aromatic N) is 1. The molecular formula is C25H27NO6. The fourth-order valence-electron chi connectivity index (χ4n) is 4.50. The largest absolute Gasteiger partial charge is 0.490 e. The van der Waals surface area contributed by atoms with E-state index in [2.05, 4.69) is 0 Å². The van der Waals surface area contributed by atoms with Crippen LogP contribution in [0.15, 0.2) is 42.5 Å². The van der Waals surface area contributed by atoms with Crippen molar-refractivity contribution in [2.75, 3.05) is 6.61 Å². The van der Waals surface area contributed by atoms with Gasteiger partial charge in [-0.15, -0.1) is 0 Å². The highest BCUT2D eigenvalue weighted by Gasteiger charge is 2.40. The van der Waals surface area contributed by atoms with Crippen LogP contribution in [0.2, 0.25) is 0 Å². The summed E-state index contributed by atoms with van der Waals surface area (Å²) < 4.78 is 11.9. The van der Waals surface area contributed by atoms with Gasteiger partial charge < -0.3 is 14.6 Å². The number of rotatable bonds is 9. The van der Waals surface area contributed by atoms with Crippen LogP contribution in [0.4, 0.5) is 0 Å². The number of carbonyl (C=O) groups is 3. The Hall–Kier alpha value is -3.35. The van der Waals surface area contributed by atoms with E-state index in [1.165, 1.54) is 0 Å². The van der Waals surface area contributed by atoms with E-state index in [-0.39, 0.29) is 18.9 Å². The van der Waals surface area contributed by atoms with Gasteiger partial charge in [0, 0.05) is 0 Å². The lowest BCUT2D eigenvalue weighted by atomic mass is 10.0. The lowest BCUT2D eigenvalue weighted by Crippen LogP contribution is -2.42. The zero-order valence-electron chi connectivity index (χ0n) is 18.1. The Balaban J connectivity index is 1.61. The van der Waals surface area contributed by atoms with Gasteiger partial charge in [0.2, 0.25) is 0 Å². The predicted octanol–water partition coefficient (Wildman–Crippen LogP) is 4.09. The van der Waals surface area contributed by atoms with E-state index in [1.807, 2.05) is 25.1 Å². The highest BCUT2D eigenvalue weighted by molar-refractivity contribution is 6.21. The van der Waals surface area contributed by atoms with Gasteiger partial charge in [-0.1, -0.05) is 18.2 Å². The average molecular weight is 437 g/mol. The van der Waals surface area contributed by atoms with Gasteiger partial charge in [-0.25, -0.2) is 0 Å². The Labute approximate surface area is 186 Å². The molecule has 0 spiro atoms. The van der Waals surface area contributed by atoms with E-state index in [1.54, 1.807) is 24.3 Å². The predicted molar refractivity (Wildman–Crippen MR) is 117 cm³/mol. The molecule has 2 aromatic rings. The molecule has 7 heteroatoms. The second kappa shape index (κ2) is 9.42. The van der Waals surface area contributed by atoms with E-state index in [0.717, 1.165) is 36.1 Å². The van der Waals surface area contributed by atoms with Gasteiger partial charge in [0.05, 0.1) is 36.3 Å².